The Labute approximate surface area is 228 Å². The smallest absolute Gasteiger partial charge is 0.338 e. The van der Waals surface area contributed by atoms with Gasteiger partial charge in [0.25, 0.3) is 0 Å². The highest BCUT2D eigenvalue weighted by atomic mass is 16.5. The van der Waals surface area contributed by atoms with Crippen LogP contribution in [0.5, 0.6) is 11.5 Å². The molecule has 1 aromatic rings. The summed E-state index contributed by atoms with van der Waals surface area (Å²) >= 11 is 0. The van der Waals surface area contributed by atoms with Gasteiger partial charge in [-0.25, -0.2) is 4.79 Å². The monoisotopic (exact) mass is 512 g/mol. The molecule has 0 fully saturated rings. The van der Waals surface area contributed by atoms with Crippen molar-refractivity contribution in [3.63, 3.8) is 0 Å². The van der Waals surface area contributed by atoms with Crippen LogP contribution in [0.2, 0.25) is 0 Å². The van der Waals surface area contributed by atoms with Crippen molar-refractivity contribution in [1.82, 2.24) is 0 Å². The van der Waals surface area contributed by atoms with Crippen LogP contribution in [-0.4, -0.2) is 11.6 Å². The van der Waals surface area contributed by atoms with E-state index in [2.05, 4.69) is 48.1 Å². The van der Waals surface area contributed by atoms with Gasteiger partial charge in [0.15, 0.2) is 0 Å². The molecule has 0 aliphatic carbocycles. The molecule has 0 N–H and O–H groups in total. The zero-order chi connectivity index (χ0) is 27.8. The van der Waals surface area contributed by atoms with Crippen molar-refractivity contribution in [2.45, 2.75) is 145 Å². The minimum atomic E-state index is -0.364. The minimum absolute atomic E-state index is 0.128. The lowest BCUT2D eigenvalue weighted by atomic mass is 9.83. The number of rotatable bonds is 15. The van der Waals surface area contributed by atoms with Gasteiger partial charge >= 0.3 is 5.97 Å². The third-order valence-electron chi connectivity index (χ3n) is 8.63. The van der Waals surface area contributed by atoms with Crippen molar-refractivity contribution in [3.8, 4) is 11.5 Å². The van der Waals surface area contributed by atoms with Gasteiger partial charge in [0.1, 0.15) is 17.1 Å². The molecule has 3 heteroatoms. The molecule has 0 bridgehead atoms. The molecule has 0 aromatic heterocycles. The molecule has 2 rings (SSSR count). The molecule has 3 unspecified atom stereocenters. The van der Waals surface area contributed by atoms with Crippen LogP contribution < -0.4 is 9.47 Å². The number of hydrogen-bond donors (Lipinski definition) is 0. The molecule has 1 aliphatic heterocycles. The Morgan fingerprint density at radius 1 is 0.892 bits per heavy atom. The van der Waals surface area contributed by atoms with Gasteiger partial charge in [-0.3, -0.25) is 0 Å². The molecule has 3 nitrogen and oxygen atoms in total. The predicted molar refractivity (Wildman–Crippen MR) is 158 cm³/mol. The SMILES string of the molecule is C=C(C)C(=O)Oc1c(C)c(C)c2c(c1C)CCC(C)(CCCC(C)CCCC(C)CCCCC(C)C)O2. The van der Waals surface area contributed by atoms with Crippen LogP contribution in [0, 0.1) is 38.5 Å². The van der Waals surface area contributed by atoms with Crippen molar-refractivity contribution in [3.05, 3.63) is 34.4 Å². The molecule has 0 saturated heterocycles. The van der Waals surface area contributed by atoms with Crippen molar-refractivity contribution in [2.24, 2.45) is 17.8 Å². The fraction of sp³-hybridized carbons (Fsp3) is 0.735. The summed E-state index contributed by atoms with van der Waals surface area (Å²) in [6.07, 6.45) is 15.2. The molecule has 3 atom stereocenters. The second kappa shape index (κ2) is 14.4. The molecule has 0 spiro atoms. The summed E-state index contributed by atoms with van der Waals surface area (Å²) in [6, 6.07) is 0. The van der Waals surface area contributed by atoms with Gasteiger partial charge in [-0.1, -0.05) is 85.6 Å². The van der Waals surface area contributed by atoms with E-state index in [1.54, 1.807) is 6.92 Å². The molecule has 1 heterocycles. The van der Waals surface area contributed by atoms with Crippen molar-refractivity contribution in [1.29, 1.82) is 0 Å². The van der Waals surface area contributed by atoms with E-state index in [1.165, 1.54) is 63.4 Å². The van der Waals surface area contributed by atoms with Gasteiger partial charge in [-0.05, 0) is 94.7 Å². The van der Waals surface area contributed by atoms with E-state index in [1.807, 2.05) is 13.8 Å². The average Bonchev–Trinajstić information content (AvgIpc) is 2.82. The summed E-state index contributed by atoms with van der Waals surface area (Å²) in [5, 5.41) is 0. The molecular weight excluding hydrogens is 456 g/mol. The summed E-state index contributed by atoms with van der Waals surface area (Å²) < 4.78 is 12.4. The normalized spacial score (nSPS) is 18.8. The lowest BCUT2D eigenvalue weighted by Crippen LogP contribution is -2.37. The number of unbranched alkanes of at least 4 members (excludes halogenated alkanes) is 1. The summed E-state index contributed by atoms with van der Waals surface area (Å²) in [7, 11) is 0. The zero-order valence-electron chi connectivity index (χ0n) is 25.6. The topological polar surface area (TPSA) is 35.5 Å². The Morgan fingerprint density at radius 2 is 1.46 bits per heavy atom. The second-order valence-electron chi connectivity index (χ2n) is 12.9. The molecule has 0 saturated carbocycles. The van der Waals surface area contributed by atoms with Gasteiger partial charge in [-0.2, -0.15) is 0 Å². The Hall–Kier alpha value is -1.77. The van der Waals surface area contributed by atoms with Gasteiger partial charge < -0.3 is 9.47 Å². The largest absolute Gasteiger partial charge is 0.487 e. The van der Waals surface area contributed by atoms with E-state index in [-0.39, 0.29) is 11.6 Å². The van der Waals surface area contributed by atoms with Crippen molar-refractivity contribution >= 4 is 5.97 Å². The van der Waals surface area contributed by atoms with E-state index < -0.39 is 0 Å². The second-order valence-corrected chi connectivity index (χ2v) is 12.9. The van der Waals surface area contributed by atoms with Gasteiger partial charge in [0.2, 0.25) is 0 Å². The van der Waals surface area contributed by atoms with Crippen LogP contribution >= 0.6 is 0 Å². The number of esters is 1. The molecule has 0 radical (unpaired) electrons. The van der Waals surface area contributed by atoms with Crippen molar-refractivity contribution in [2.75, 3.05) is 0 Å². The van der Waals surface area contributed by atoms with Gasteiger partial charge in [0.05, 0.1) is 0 Å². The first kappa shape index (κ1) is 31.4. The molecule has 1 aliphatic rings. The first-order valence-electron chi connectivity index (χ1n) is 15.0. The molecule has 37 heavy (non-hydrogen) atoms. The van der Waals surface area contributed by atoms with Crippen LogP contribution in [0.1, 0.15) is 134 Å². The molecule has 1 aromatic carbocycles. The molecule has 0 amide bonds. The number of carbonyl (C=O) groups excluding carboxylic acids is 1. The number of ether oxygens (including phenoxy) is 2. The molecule has 210 valence electrons. The Balaban J connectivity index is 1.83. The Kier molecular flexibility index (Phi) is 12.2. The Bertz CT molecular complexity index is 912. The lowest BCUT2D eigenvalue weighted by molar-refractivity contribution is -0.130. The van der Waals surface area contributed by atoms with Crippen LogP contribution in [-0.2, 0) is 11.2 Å². The fourth-order valence-electron chi connectivity index (χ4n) is 5.76. The number of carbonyl (C=O) groups is 1. The fourth-order valence-corrected chi connectivity index (χ4v) is 5.76. The van der Waals surface area contributed by atoms with E-state index in [4.69, 9.17) is 9.47 Å². The predicted octanol–water partition coefficient (Wildman–Crippen LogP) is 10.0. The average molecular weight is 513 g/mol. The summed E-state index contributed by atoms with van der Waals surface area (Å²) in [5.74, 6) is 3.82. The maximum absolute atomic E-state index is 12.2. The number of fused-ring (bicyclic) bond motifs is 1. The number of hydrogen-bond acceptors (Lipinski definition) is 3. The van der Waals surface area contributed by atoms with Crippen molar-refractivity contribution < 1.29 is 14.3 Å². The maximum Gasteiger partial charge on any atom is 0.338 e. The van der Waals surface area contributed by atoms with Crippen LogP contribution in [0.3, 0.4) is 0 Å². The van der Waals surface area contributed by atoms with E-state index >= 15 is 0 Å². The first-order valence-corrected chi connectivity index (χ1v) is 15.0. The summed E-state index contributed by atoms with van der Waals surface area (Å²) in [4.78, 5) is 12.2. The Morgan fingerprint density at radius 3 is 2.05 bits per heavy atom. The van der Waals surface area contributed by atoms with Crippen LogP contribution in [0.4, 0.5) is 0 Å². The highest BCUT2D eigenvalue weighted by molar-refractivity contribution is 5.89. The standard InChI is InChI=1S/C34H56O3/c1-23(2)15-11-12-16-25(5)17-13-18-26(6)19-14-21-34(10)22-20-30-29(9)31(36-33(35)24(3)4)27(7)28(8)32(30)37-34/h23,25-26H,3,11-22H2,1-2,4-10H3. The van der Waals surface area contributed by atoms with E-state index in [0.717, 1.165) is 59.5 Å². The summed E-state index contributed by atoms with van der Waals surface area (Å²) in [5.41, 5.74) is 4.57. The van der Waals surface area contributed by atoms with Gasteiger partial charge in [-0.15, -0.1) is 0 Å². The van der Waals surface area contributed by atoms with Crippen LogP contribution in [0.15, 0.2) is 12.2 Å². The third-order valence-corrected chi connectivity index (χ3v) is 8.63. The molecular formula is C34H56O3. The number of benzene rings is 1. The van der Waals surface area contributed by atoms with Gasteiger partial charge in [0, 0.05) is 11.1 Å². The minimum Gasteiger partial charge on any atom is -0.487 e. The highest BCUT2D eigenvalue weighted by Crippen LogP contribution is 2.45. The van der Waals surface area contributed by atoms with E-state index in [0.29, 0.717) is 11.3 Å². The quantitative estimate of drug-likeness (QED) is 0.101. The third kappa shape index (κ3) is 9.48. The first-order chi connectivity index (χ1) is 17.3. The summed E-state index contributed by atoms with van der Waals surface area (Å²) in [6.45, 7) is 23.4. The zero-order valence-corrected chi connectivity index (χ0v) is 25.6. The maximum atomic E-state index is 12.2. The highest BCUT2D eigenvalue weighted by Gasteiger charge is 2.34. The lowest BCUT2D eigenvalue weighted by Gasteiger charge is -2.38. The van der Waals surface area contributed by atoms with E-state index in [9.17, 15) is 4.79 Å². The van der Waals surface area contributed by atoms with Crippen LogP contribution in [0.25, 0.3) is 0 Å².